The van der Waals surface area contributed by atoms with Gasteiger partial charge >= 0.3 is 0 Å². The summed E-state index contributed by atoms with van der Waals surface area (Å²) in [6, 6.07) is 0. The monoisotopic (exact) mass is 194 g/mol. The van der Waals surface area contributed by atoms with Crippen molar-refractivity contribution < 1.29 is 0 Å². The molecule has 2 unspecified atom stereocenters. The molecule has 0 aromatic rings. The normalized spacial score (nSPS) is 53.0. The summed E-state index contributed by atoms with van der Waals surface area (Å²) in [7, 11) is 0. The van der Waals surface area contributed by atoms with Gasteiger partial charge in [-0.05, 0) is 61.0 Å². The molecule has 0 spiro atoms. The summed E-state index contributed by atoms with van der Waals surface area (Å²) >= 11 is 4.49. The minimum Gasteiger partial charge on any atom is -0.179 e. The van der Waals surface area contributed by atoms with Gasteiger partial charge in [-0.2, -0.15) is 12.6 Å². The van der Waals surface area contributed by atoms with Crippen molar-refractivity contribution in [1.29, 1.82) is 0 Å². The maximum atomic E-state index is 4.49. The van der Waals surface area contributed by atoms with Crippen LogP contribution in [0.2, 0.25) is 0 Å². The molecule has 0 heterocycles. The lowest BCUT2D eigenvalue weighted by Gasteiger charge is -2.41. The van der Waals surface area contributed by atoms with Gasteiger partial charge in [0.1, 0.15) is 0 Å². The SMILES string of the molecule is C=C1C(CS)[C@@H]2C[C@@H]3CC1[C@@H](C3)C2. The number of fused-ring (bicyclic) bond motifs is 2. The smallest absolute Gasteiger partial charge is 0.00295 e. The second kappa shape index (κ2) is 2.79. The summed E-state index contributed by atoms with van der Waals surface area (Å²) in [6.07, 6.45) is 5.95. The number of rotatable bonds is 1. The van der Waals surface area contributed by atoms with E-state index in [-0.39, 0.29) is 0 Å². The maximum Gasteiger partial charge on any atom is -0.00295 e. The Hall–Kier alpha value is 0.0900. The second-order valence-corrected chi connectivity index (χ2v) is 5.66. The maximum absolute atomic E-state index is 4.49. The van der Waals surface area contributed by atoms with Crippen LogP contribution in [0.3, 0.4) is 0 Å². The van der Waals surface area contributed by atoms with Crippen molar-refractivity contribution in [2.75, 3.05) is 5.75 Å². The van der Waals surface area contributed by atoms with Gasteiger partial charge in [0, 0.05) is 0 Å². The van der Waals surface area contributed by atoms with Crippen LogP contribution < -0.4 is 0 Å². The standard InChI is InChI=1S/C12H18S/c1-7-11-4-8-2-9(11)5-10(3-8)12(7)6-13/h8-13H,1-6H2/t8-,9+,10-,11?,12?/m1/s1. The Morgan fingerprint density at radius 1 is 1.15 bits per heavy atom. The van der Waals surface area contributed by atoms with E-state index in [4.69, 9.17) is 0 Å². The zero-order valence-electron chi connectivity index (χ0n) is 8.08. The van der Waals surface area contributed by atoms with Crippen LogP contribution in [-0.2, 0) is 0 Å². The predicted molar refractivity (Wildman–Crippen MR) is 58.9 cm³/mol. The summed E-state index contributed by atoms with van der Waals surface area (Å²) in [5, 5.41) is 0. The molecule has 13 heavy (non-hydrogen) atoms. The highest BCUT2D eigenvalue weighted by Crippen LogP contribution is 2.58. The van der Waals surface area contributed by atoms with E-state index >= 15 is 0 Å². The molecule has 0 nitrogen and oxygen atoms in total. The minimum atomic E-state index is 0.759. The second-order valence-electron chi connectivity index (χ2n) is 5.30. The Kier molecular flexibility index (Phi) is 1.80. The lowest BCUT2D eigenvalue weighted by molar-refractivity contribution is 0.173. The van der Waals surface area contributed by atoms with Gasteiger partial charge in [0.15, 0.2) is 0 Å². The van der Waals surface area contributed by atoms with Crippen LogP contribution in [0.25, 0.3) is 0 Å². The van der Waals surface area contributed by atoms with Gasteiger partial charge in [-0.15, -0.1) is 0 Å². The zero-order chi connectivity index (χ0) is 9.00. The van der Waals surface area contributed by atoms with Crippen LogP contribution in [-0.4, -0.2) is 5.75 Å². The van der Waals surface area contributed by atoms with Crippen molar-refractivity contribution >= 4 is 12.6 Å². The topological polar surface area (TPSA) is 0 Å². The van der Waals surface area contributed by atoms with Gasteiger partial charge in [-0.25, -0.2) is 0 Å². The van der Waals surface area contributed by atoms with Crippen molar-refractivity contribution in [2.24, 2.45) is 29.6 Å². The third kappa shape index (κ3) is 1.06. The first-order valence-corrected chi connectivity index (χ1v) is 6.22. The Morgan fingerprint density at radius 2 is 1.92 bits per heavy atom. The van der Waals surface area contributed by atoms with E-state index in [1.807, 2.05) is 0 Å². The number of thiol groups is 1. The van der Waals surface area contributed by atoms with E-state index in [9.17, 15) is 0 Å². The van der Waals surface area contributed by atoms with Crippen LogP contribution in [0.1, 0.15) is 25.7 Å². The lowest BCUT2D eigenvalue weighted by Crippen LogP contribution is -2.33. The molecule has 3 bridgehead atoms. The highest BCUT2D eigenvalue weighted by atomic mass is 32.1. The van der Waals surface area contributed by atoms with Gasteiger partial charge in [-0.1, -0.05) is 12.2 Å². The average molecular weight is 194 g/mol. The van der Waals surface area contributed by atoms with Crippen LogP contribution in [0, 0.1) is 29.6 Å². The summed E-state index contributed by atoms with van der Waals surface area (Å²) in [6.45, 7) is 4.34. The van der Waals surface area contributed by atoms with Crippen molar-refractivity contribution in [1.82, 2.24) is 0 Å². The molecule has 3 rings (SSSR count). The van der Waals surface area contributed by atoms with Gasteiger partial charge in [0.05, 0.1) is 0 Å². The van der Waals surface area contributed by atoms with Crippen molar-refractivity contribution in [2.45, 2.75) is 25.7 Å². The molecule has 72 valence electrons. The van der Waals surface area contributed by atoms with Crippen LogP contribution in [0.15, 0.2) is 12.2 Å². The van der Waals surface area contributed by atoms with Gasteiger partial charge in [-0.3, -0.25) is 0 Å². The molecule has 0 saturated heterocycles. The number of hydrogen-bond donors (Lipinski definition) is 1. The predicted octanol–water partition coefficient (Wildman–Crippen LogP) is 3.15. The van der Waals surface area contributed by atoms with Crippen LogP contribution in [0.5, 0.6) is 0 Å². The van der Waals surface area contributed by atoms with E-state index < -0.39 is 0 Å². The fourth-order valence-electron chi connectivity index (χ4n) is 4.23. The first kappa shape index (κ1) is 8.40. The third-order valence-corrected chi connectivity index (χ3v) is 5.15. The van der Waals surface area contributed by atoms with E-state index in [2.05, 4.69) is 19.2 Å². The largest absolute Gasteiger partial charge is 0.179 e. The molecule has 0 aromatic heterocycles. The summed E-state index contributed by atoms with van der Waals surface area (Å²) < 4.78 is 0. The first-order chi connectivity index (χ1) is 6.29. The molecular formula is C12H18S. The van der Waals surface area contributed by atoms with Crippen LogP contribution >= 0.6 is 12.6 Å². The fourth-order valence-corrected chi connectivity index (χ4v) is 4.77. The third-order valence-electron chi connectivity index (χ3n) is 4.75. The molecule has 3 fully saturated rings. The molecular weight excluding hydrogens is 176 g/mol. The van der Waals surface area contributed by atoms with E-state index in [0.29, 0.717) is 0 Å². The van der Waals surface area contributed by atoms with Gasteiger partial charge in [0.2, 0.25) is 0 Å². The fraction of sp³-hybridized carbons (Fsp3) is 0.833. The molecule has 3 aliphatic rings. The van der Waals surface area contributed by atoms with Crippen molar-refractivity contribution in [3.05, 3.63) is 12.2 Å². The summed E-state index contributed by atoms with van der Waals surface area (Å²) in [4.78, 5) is 0. The Labute approximate surface area is 86.2 Å². The van der Waals surface area contributed by atoms with Crippen LogP contribution in [0.4, 0.5) is 0 Å². The van der Waals surface area contributed by atoms with Crippen molar-refractivity contribution in [3.63, 3.8) is 0 Å². The molecule has 3 saturated carbocycles. The zero-order valence-corrected chi connectivity index (χ0v) is 8.97. The first-order valence-electron chi connectivity index (χ1n) is 5.59. The average Bonchev–Trinajstić information content (AvgIpc) is 2.36. The van der Waals surface area contributed by atoms with Crippen molar-refractivity contribution in [3.8, 4) is 0 Å². The Morgan fingerprint density at radius 3 is 2.69 bits per heavy atom. The molecule has 1 heteroatoms. The molecule has 0 radical (unpaired) electrons. The molecule has 5 atom stereocenters. The molecule has 0 N–H and O–H groups in total. The van der Waals surface area contributed by atoms with E-state index in [0.717, 1.165) is 35.3 Å². The Bertz CT molecular complexity index is 240. The molecule has 0 amide bonds. The van der Waals surface area contributed by atoms with E-state index in [1.165, 1.54) is 25.7 Å². The Balaban J connectivity index is 1.96. The summed E-state index contributed by atoms with van der Waals surface area (Å²) in [5.41, 5.74) is 1.57. The molecule has 3 aliphatic carbocycles. The van der Waals surface area contributed by atoms with Gasteiger partial charge < -0.3 is 0 Å². The van der Waals surface area contributed by atoms with E-state index in [1.54, 1.807) is 5.57 Å². The quantitative estimate of drug-likeness (QED) is 0.481. The highest BCUT2D eigenvalue weighted by molar-refractivity contribution is 7.80. The number of hydrogen-bond acceptors (Lipinski definition) is 1. The van der Waals surface area contributed by atoms with Gasteiger partial charge in [0.25, 0.3) is 0 Å². The minimum absolute atomic E-state index is 0.759. The summed E-state index contributed by atoms with van der Waals surface area (Å²) in [5.74, 6) is 5.71. The highest BCUT2D eigenvalue weighted by Gasteiger charge is 2.49. The number of allylic oxidation sites excluding steroid dienone is 1. The molecule has 0 aliphatic heterocycles. The molecule has 0 aromatic carbocycles. The lowest BCUT2D eigenvalue weighted by atomic mass is 9.65.